The van der Waals surface area contributed by atoms with Crippen molar-refractivity contribution in [2.45, 2.75) is 39.5 Å². The van der Waals surface area contributed by atoms with E-state index in [1.807, 2.05) is 0 Å². The third kappa shape index (κ3) is 8.42. The summed E-state index contributed by atoms with van der Waals surface area (Å²) in [5, 5.41) is 2.68. The number of carbonyl (C=O) groups is 3. The molecule has 5 heteroatoms. The molecule has 0 aromatic carbocycles. The van der Waals surface area contributed by atoms with Crippen LogP contribution < -0.4 is 5.32 Å². The molecule has 1 amide bonds. The molecule has 98 valence electrons. The molecular formula is C12H21NO4. The zero-order chi connectivity index (χ0) is 13.3. The Morgan fingerprint density at radius 1 is 1.18 bits per heavy atom. The normalized spacial score (nSPS) is 11.7. The van der Waals surface area contributed by atoms with Crippen LogP contribution in [0.3, 0.4) is 0 Å². The number of carbonyl (C=O) groups excluding carboxylic acids is 3. The fourth-order valence-electron chi connectivity index (χ4n) is 1.60. The van der Waals surface area contributed by atoms with E-state index < -0.39 is 0 Å². The molecule has 0 spiro atoms. The van der Waals surface area contributed by atoms with Gasteiger partial charge < -0.3 is 14.8 Å². The van der Waals surface area contributed by atoms with Gasteiger partial charge >= 0.3 is 5.97 Å². The lowest BCUT2D eigenvalue weighted by atomic mass is 9.96. The molecule has 0 rings (SSSR count). The van der Waals surface area contributed by atoms with Crippen LogP contribution in [0, 0.1) is 5.92 Å². The van der Waals surface area contributed by atoms with Crippen molar-refractivity contribution in [3.05, 3.63) is 0 Å². The predicted molar refractivity (Wildman–Crippen MR) is 63.3 cm³/mol. The first-order valence-electron chi connectivity index (χ1n) is 5.79. The summed E-state index contributed by atoms with van der Waals surface area (Å²) in [6.45, 7) is 3.53. The topological polar surface area (TPSA) is 72.5 Å². The highest BCUT2D eigenvalue weighted by Crippen LogP contribution is 2.14. The zero-order valence-electron chi connectivity index (χ0n) is 10.7. The fourth-order valence-corrected chi connectivity index (χ4v) is 1.60. The summed E-state index contributed by atoms with van der Waals surface area (Å²) in [4.78, 5) is 33.0. The number of nitrogens with one attached hydrogen (secondary N) is 1. The Morgan fingerprint density at radius 3 is 2.29 bits per heavy atom. The van der Waals surface area contributed by atoms with Crippen molar-refractivity contribution in [3.63, 3.8) is 0 Å². The molecule has 1 N–H and O–H groups in total. The molecule has 0 aliphatic carbocycles. The smallest absolute Gasteiger partial charge is 0.309 e. The number of Topliss-reactive ketones (excluding diaryl/α,β-unsaturated/α-hetero) is 1. The third-order valence-electron chi connectivity index (χ3n) is 2.42. The van der Waals surface area contributed by atoms with Gasteiger partial charge in [-0.1, -0.05) is 6.42 Å². The maximum atomic E-state index is 11.4. The van der Waals surface area contributed by atoms with Gasteiger partial charge in [0.2, 0.25) is 5.91 Å². The Kier molecular flexibility index (Phi) is 8.01. The average Bonchev–Trinajstić information content (AvgIpc) is 2.25. The number of rotatable bonds is 8. The number of ether oxygens (including phenoxy) is 1. The molecule has 0 bridgehead atoms. The largest absolute Gasteiger partial charge is 0.469 e. The van der Waals surface area contributed by atoms with E-state index in [0.29, 0.717) is 13.0 Å². The van der Waals surface area contributed by atoms with Crippen molar-refractivity contribution >= 4 is 17.7 Å². The van der Waals surface area contributed by atoms with Crippen molar-refractivity contribution in [2.24, 2.45) is 5.92 Å². The van der Waals surface area contributed by atoms with Gasteiger partial charge in [0, 0.05) is 19.9 Å². The molecule has 0 aliphatic rings. The molecular weight excluding hydrogens is 222 g/mol. The Hall–Kier alpha value is -1.39. The third-order valence-corrected chi connectivity index (χ3v) is 2.42. The van der Waals surface area contributed by atoms with Crippen LogP contribution in [0.15, 0.2) is 0 Å². The minimum absolute atomic E-state index is 0.0118. The number of methoxy groups -OCH3 is 1. The van der Waals surface area contributed by atoms with Crippen LogP contribution in [0.2, 0.25) is 0 Å². The van der Waals surface area contributed by atoms with Gasteiger partial charge in [-0.2, -0.15) is 0 Å². The first-order valence-corrected chi connectivity index (χ1v) is 5.79. The van der Waals surface area contributed by atoms with E-state index in [-0.39, 0.29) is 30.0 Å². The van der Waals surface area contributed by atoms with E-state index in [0.717, 1.165) is 12.8 Å². The summed E-state index contributed by atoms with van der Waals surface area (Å²) in [5.74, 6) is -0.755. The monoisotopic (exact) mass is 243 g/mol. The summed E-state index contributed by atoms with van der Waals surface area (Å²) in [7, 11) is 1.33. The van der Waals surface area contributed by atoms with Crippen LogP contribution in [0.4, 0.5) is 0 Å². The van der Waals surface area contributed by atoms with Crippen molar-refractivity contribution in [1.29, 1.82) is 0 Å². The minimum atomic E-state index is -0.352. The zero-order valence-corrected chi connectivity index (χ0v) is 10.7. The molecule has 0 radical (unpaired) electrons. The molecule has 0 aliphatic heterocycles. The standard InChI is InChI=1S/C12H21NO4/c1-9(14)8-11(12(16)17-3)6-4-5-7-13-10(2)15/h11H,4-8H2,1-3H3,(H,13,15)/t11-/m1/s1. The number of esters is 1. The second kappa shape index (κ2) is 8.73. The number of hydrogen-bond donors (Lipinski definition) is 1. The van der Waals surface area contributed by atoms with Gasteiger partial charge in [0.25, 0.3) is 0 Å². The van der Waals surface area contributed by atoms with E-state index in [2.05, 4.69) is 10.1 Å². The number of ketones is 1. The predicted octanol–water partition coefficient (Wildman–Crippen LogP) is 1.06. The Balaban J connectivity index is 3.87. The van der Waals surface area contributed by atoms with E-state index >= 15 is 0 Å². The maximum absolute atomic E-state index is 11.4. The van der Waals surface area contributed by atoms with Gasteiger partial charge in [0.1, 0.15) is 5.78 Å². The van der Waals surface area contributed by atoms with Gasteiger partial charge in [-0.25, -0.2) is 0 Å². The Bertz CT molecular complexity index is 276. The SMILES string of the molecule is COC(=O)[C@H](CCCCNC(C)=O)CC(C)=O. The summed E-state index contributed by atoms with van der Waals surface area (Å²) >= 11 is 0. The van der Waals surface area contributed by atoms with Crippen LogP contribution in [0.25, 0.3) is 0 Å². The van der Waals surface area contributed by atoms with Gasteiger partial charge in [-0.15, -0.1) is 0 Å². The van der Waals surface area contributed by atoms with E-state index in [4.69, 9.17) is 0 Å². The molecule has 0 aromatic rings. The van der Waals surface area contributed by atoms with Crippen LogP contribution in [-0.2, 0) is 19.1 Å². The van der Waals surface area contributed by atoms with Crippen molar-refractivity contribution in [2.75, 3.05) is 13.7 Å². The summed E-state index contributed by atoms with van der Waals surface area (Å²) in [5.41, 5.74) is 0. The molecule has 0 saturated carbocycles. The quantitative estimate of drug-likeness (QED) is 0.511. The summed E-state index contributed by atoms with van der Waals surface area (Å²) in [6.07, 6.45) is 2.43. The maximum Gasteiger partial charge on any atom is 0.309 e. The van der Waals surface area contributed by atoms with E-state index in [9.17, 15) is 14.4 Å². The van der Waals surface area contributed by atoms with Gasteiger partial charge in [0.15, 0.2) is 0 Å². The summed E-state index contributed by atoms with van der Waals surface area (Å²) < 4.78 is 4.65. The van der Waals surface area contributed by atoms with Crippen LogP contribution >= 0.6 is 0 Å². The summed E-state index contributed by atoms with van der Waals surface area (Å²) in [6, 6.07) is 0. The lowest BCUT2D eigenvalue weighted by Gasteiger charge is -2.12. The van der Waals surface area contributed by atoms with Crippen LogP contribution in [0.5, 0.6) is 0 Å². The van der Waals surface area contributed by atoms with Crippen molar-refractivity contribution in [1.82, 2.24) is 5.32 Å². The Labute approximate surface area is 102 Å². The second-order valence-corrected chi connectivity index (χ2v) is 4.10. The fraction of sp³-hybridized carbons (Fsp3) is 0.750. The van der Waals surface area contributed by atoms with E-state index in [1.165, 1.54) is 21.0 Å². The highest BCUT2D eigenvalue weighted by Gasteiger charge is 2.20. The molecule has 17 heavy (non-hydrogen) atoms. The molecule has 0 saturated heterocycles. The van der Waals surface area contributed by atoms with Gasteiger partial charge in [-0.3, -0.25) is 9.59 Å². The van der Waals surface area contributed by atoms with Crippen LogP contribution in [-0.4, -0.2) is 31.3 Å². The lowest BCUT2D eigenvalue weighted by Crippen LogP contribution is -2.22. The van der Waals surface area contributed by atoms with Crippen molar-refractivity contribution < 1.29 is 19.1 Å². The molecule has 0 heterocycles. The van der Waals surface area contributed by atoms with Gasteiger partial charge in [-0.05, 0) is 19.8 Å². The van der Waals surface area contributed by atoms with Gasteiger partial charge in [0.05, 0.1) is 13.0 Å². The molecule has 1 atom stereocenters. The van der Waals surface area contributed by atoms with E-state index in [1.54, 1.807) is 0 Å². The number of unbranched alkanes of at least 4 members (excludes halogenated alkanes) is 1. The molecule has 5 nitrogen and oxygen atoms in total. The minimum Gasteiger partial charge on any atom is -0.469 e. The first kappa shape index (κ1) is 15.6. The Morgan fingerprint density at radius 2 is 1.82 bits per heavy atom. The second-order valence-electron chi connectivity index (χ2n) is 4.10. The lowest BCUT2D eigenvalue weighted by molar-refractivity contribution is -0.147. The highest BCUT2D eigenvalue weighted by molar-refractivity contribution is 5.82. The molecule has 0 fully saturated rings. The molecule has 0 aromatic heterocycles. The average molecular weight is 243 g/mol. The van der Waals surface area contributed by atoms with Crippen LogP contribution in [0.1, 0.15) is 39.5 Å². The molecule has 0 unspecified atom stereocenters. The first-order chi connectivity index (χ1) is 7.97. The number of amides is 1. The highest BCUT2D eigenvalue weighted by atomic mass is 16.5. The number of hydrogen-bond acceptors (Lipinski definition) is 4. The van der Waals surface area contributed by atoms with Crippen molar-refractivity contribution in [3.8, 4) is 0 Å².